The Morgan fingerprint density at radius 2 is 1.92 bits per heavy atom. The normalized spacial score (nSPS) is 11.7. The first-order valence-corrected chi connectivity index (χ1v) is 5.32. The lowest BCUT2D eigenvalue weighted by Gasteiger charge is -2.18. The topological polar surface area (TPSA) is 26.0 Å². The smallest absolute Gasteiger partial charge is 0.0771 e. The van der Waals surface area contributed by atoms with Crippen LogP contribution in [0.3, 0.4) is 0 Å². The number of nitrogen functional groups attached to an aromatic ring is 1. The summed E-state index contributed by atoms with van der Waals surface area (Å²) >= 11 is 7.78. The van der Waals surface area contributed by atoms with E-state index in [-0.39, 0.29) is 4.75 Å². The molecule has 72 valence electrons. The summed E-state index contributed by atoms with van der Waals surface area (Å²) in [6.07, 6.45) is 0. The molecule has 1 nitrogen and oxygen atoms in total. The lowest BCUT2D eigenvalue weighted by atomic mass is 10.3. The minimum atomic E-state index is 0.164. The van der Waals surface area contributed by atoms with E-state index in [1.54, 1.807) is 11.8 Å². The third-order valence-corrected chi connectivity index (χ3v) is 3.12. The van der Waals surface area contributed by atoms with Gasteiger partial charge in [0.05, 0.1) is 10.7 Å². The Kier molecular flexibility index (Phi) is 3.14. The number of rotatable bonds is 1. The molecule has 0 fully saturated rings. The molecular formula is C10H14ClNS. The Morgan fingerprint density at radius 3 is 2.46 bits per heavy atom. The van der Waals surface area contributed by atoms with Gasteiger partial charge in [-0.2, -0.15) is 0 Å². The van der Waals surface area contributed by atoms with Crippen LogP contribution in [0.1, 0.15) is 20.8 Å². The molecular weight excluding hydrogens is 202 g/mol. The fourth-order valence-corrected chi connectivity index (χ4v) is 2.19. The monoisotopic (exact) mass is 215 g/mol. The first-order valence-electron chi connectivity index (χ1n) is 4.13. The molecule has 0 bridgehead atoms. The summed E-state index contributed by atoms with van der Waals surface area (Å²) in [6, 6.07) is 5.74. The van der Waals surface area contributed by atoms with Crippen LogP contribution in [0.4, 0.5) is 5.69 Å². The van der Waals surface area contributed by atoms with E-state index in [0.717, 1.165) is 4.90 Å². The lowest BCUT2D eigenvalue weighted by molar-refractivity contribution is 0.803. The Hall–Kier alpha value is -0.340. The van der Waals surface area contributed by atoms with Gasteiger partial charge in [0, 0.05) is 9.64 Å². The average molecular weight is 216 g/mol. The maximum Gasteiger partial charge on any atom is 0.0771 e. The molecule has 0 aromatic heterocycles. The second-order valence-electron chi connectivity index (χ2n) is 3.87. The number of hydrogen-bond acceptors (Lipinski definition) is 2. The second kappa shape index (κ2) is 3.81. The van der Waals surface area contributed by atoms with Crippen molar-refractivity contribution in [3.63, 3.8) is 0 Å². The van der Waals surface area contributed by atoms with Gasteiger partial charge >= 0.3 is 0 Å². The zero-order chi connectivity index (χ0) is 10.1. The summed E-state index contributed by atoms with van der Waals surface area (Å²) in [6.45, 7) is 6.45. The zero-order valence-corrected chi connectivity index (χ0v) is 9.67. The van der Waals surface area contributed by atoms with Gasteiger partial charge in [-0.25, -0.2) is 0 Å². The van der Waals surface area contributed by atoms with E-state index in [0.29, 0.717) is 10.7 Å². The Morgan fingerprint density at radius 1 is 1.31 bits per heavy atom. The molecule has 0 atom stereocenters. The number of hydrogen-bond donors (Lipinski definition) is 1. The molecule has 0 heterocycles. The Labute approximate surface area is 88.7 Å². The van der Waals surface area contributed by atoms with Gasteiger partial charge in [0.25, 0.3) is 0 Å². The summed E-state index contributed by atoms with van der Waals surface area (Å²) < 4.78 is 0.164. The highest BCUT2D eigenvalue weighted by Gasteiger charge is 2.14. The van der Waals surface area contributed by atoms with Crippen LogP contribution >= 0.6 is 23.4 Å². The molecule has 0 saturated carbocycles. The van der Waals surface area contributed by atoms with E-state index in [4.69, 9.17) is 17.3 Å². The van der Waals surface area contributed by atoms with Crippen LogP contribution in [0.2, 0.25) is 5.02 Å². The number of benzene rings is 1. The quantitative estimate of drug-likeness (QED) is 0.570. The van der Waals surface area contributed by atoms with Gasteiger partial charge in [0.1, 0.15) is 0 Å². The van der Waals surface area contributed by atoms with Crippen molar-refractivity contribution >= 4 is 29.1 Å². The van der Waals surface area contributed by atoms with E-state index in [1.807, 2.05) is 18.2 Å². The third-order valence-electron chi connectivity index (χ3n) is 1.41. The predicted molar refractivity (Wildman–Crippen MR) is 61.5 cm³/mol. The standard InChI is InChI=1S/C10H14ClNS/c1-10(2,3)13-8-6-4-5-7(12)9(8)11/h4-6H,12H2,1-3H3. The van der Waals surface area contributed by atoms with Crippen molar-refractivity contribution in [3.8, 4) is 0 Å². The van der Waals surface area contributed by atoms with Crippen LogP contribution in [0.25, 0.3) is 0 Å². The van der Waals surface area contributed by atoms with Crippen LogP contribution in [0.15, 0.2) is 23.1 Å². The van der Waals surface area contributed by atoms with Gasteiger partial charge in [0.15, 0.2) is 0 Å². The predicted octanol–water partition coefficient (Wildman–Crippen LogP) is 3.81. The van der Waals surface area contributed by atoms with Crippen molar-refractivity contribution < 1.29 is 0 Å². The molecule has 0 amide bonds. The van der Waals surface area contributed by atoms with E-state index in [1.165, 1.54) is 0 Å². The highest BCUT2D eigenvalue weighted by atomic mass is 35.5. The molecule has 0 saturated heterocycles. The number of thioether (sulfide) groups is 1. The molecule has 13 heavy (non-hydrogen) atoms. The number of nitrogens with two attached hydrogens (primary N) is 1. The molecule has 0 spiro atoms. The molecule has 0 aliphatic rings. The van der Waals surface area contributed by atoms with Crippen molar-refractivity contribution in [2.45, 2.75) is 30.4 Å². The van der Waals surface area contributed by atoms with E-state index in [2.05, 4.69) is 20.8 Å². The fraction of sp³-hybridized carbons (Fsp3) is 0.400. The van der Waals surface area contributed by atoms with Crippen LogP contribution < -0.4 is 5.73 Å². The van der Waals surface area contributed by atoms with E-state index in [9.17, 15) is 0 Å². The zero-order valence-electron chi connectivity index (χ0n) is 8.10. The summed E-state index contributed by atoms with van der Waals surface area (Å²) in [4.78, 5) is 1.05. The highest BCUT2D eigenvalue weighted by molar-refractivity contribution is 8.00. The Balaban J connectivity index is 2.96. The van der Waals surface area contributed by atoms with Gasteiger partial charge < -0.3 is 5.73 Å². The van der Waals surface area contributed by atoms with Crippen molar-refractivity contribution in [2.75, 3.05) is 5.73 Å². The SMILES string of the molecule is CC(C)(C)Sc1cccc(N)c1Cl. The summed E-state index contributed by atoms with van der Waals surface area (Å²) in [7, 11) is 0. The van der Waals surface area contributed by atoms with Gasteiger partial charge in [-0.1, -0.05) is 38.4 Å². The molecule has 0 aliphatic carbocycles. The van der Waals surface area contributed by atoms with Gasteiger partial charge in [-0.3, -0.25) is 0 Å². The highest BCUT2D eigenvalue weighted by Crippen LogP contribution is 2.38. The van der Waals surface area contributed by atoms with Crippen molar-refractivity contribution in [3.05, 3.63) is 23.2 Å². The maximum absolute atomic E-state index is 6.05. The van der Waals surface area contributed by atoms with Crippen molar-refractivity contribution in [2.24, 2.45) is 0 Å². The molecule has 0 unspecified atom stereocenters. The molecule has 1 aromatic rings. The molecule has 1 rings (SSSR count). The van der Waals surface area contributed by atoms with Gasteiger partial charge in [-0.05, 0) is 12.1 Å². The van der Waals surface area contributed by atoms with E-state index >= 15 is 0 Å². The van der Waals surface area contributed by atoms with E-state index < -0.39 is 0 Å². The first-order chi connectivity index (χ1) is 5.90. The molecule has 0 aliphatic heterocycles. The van der Waals surface area contributed by atoms with Gasteiger partial charge in [-0.15, -0.1) is 11.8 Å². The third kappa shape index (κ3) is 3.12. The number of anilines is 1. The van der Waals surface area contributed by atoms with Crippen LogP contribution in [0.5, 0.6) is 0 Å². The molecule has 2 N–H and O–H groups in total. The summed E-state index contributed by atoms with van der Waals surface area (Å²) in [5, 5.41) is 0.669. The fourth-order valence-electron chi connectivity index (χ4n) is 0.936. The average Bonchev–Trinajstić information content (AvgIpc) is 1.96. The van der Waals surface area contributed by atoms with Gasteiger partial charge in [0.2, 0.25) is 0 Å². The minimum Gasteiger partial charge on any atom is -0.397 e. The number of halogens is 1. The summed E-state index contributed by atoms with van der Waals surface area (Å²) in [5.74, 6) is 0. The second-order valence-corrected chi connectivity index (χ2v) is 6.12. The molecule has 0 radical (unpaired) electrons. The maximum atomic E-state index is 6.05. The van der Waals surface area contributed by atoms with Crippen LogP contribution in [0, 0.1) is 0 Å². The molecule has 3 heteroatoms. The largest absolute Gasteiger partial charge is 0.397 e. The van der Waals surface area contributed by atoms with Crippen LogP contribution in [-0.4, -0.2) is 4.75 Å². The minimum absolute atomic E-state index is 0.164. The van der Waals surface area contributed by atoms with Crippen LogP contribution in [-0.2, 0) is 0 Å². The molecule has 1 aromatic carbocycles. The summed E-state index contributed by atoms with van der Waals surface area (Å²) in [5.41, 5.74) is 6.34. The van der Waals surface area contributed by atoms with Crippen molar-refractivity contribution in [1.29, 1.82) is 0 Å². The van der Waals surface area contributed by atoms with Crippen molar-refractivity contribution in [1.82, 2.24) is 0 Å². The first kappa shape index (κ1) is 10.7. The Bertz CT molecular complexity index is 304. The lowest BCUT2D eigenvalue weighted by Crippen LogP contribution is -2.06.